The first kappa shape index (κ1) is 14.5. The van der Waals surface area contributed by atoms with Crippen molar-refractivity contribution in [3.8, 4) is 0 Å². The van der Waals surface area contributed by atoms with Crippen LogP contribution in [-0.4, -0.2) is 28.9 Å². The van der Waals surface area contributed by atoms with Gasteiger partial charge in [0.15, 0.2) is 0 Å². The number of amides is 1. The second kappa shape index (κ2) is 6.49. The molecule has 0 saturated heterocycles. The van der Waals surface area contributed by atoms with Crippen LogP contribution in [0.25, 0.3) is 0 Å². The number of nitrogens with two attached hydrogens (primary N) is 1. The van der Waals surface area contributed by atoms with Crippen LogP contribution in [0.15, 0.2) is 35.2 Å². The van der Waals surface area contributed by atoms with Crippen LogP contribution in [0.5, 0.6) is 0 Å². The number of aromatic nitrogens is 1. The maximum absolute atomic E-state index is 12.2. The third-order valence-corrected chi connectivity index (χ3v) is 3.75. The largest absolute Gasteiger partial charge is 0.399 e. The Morgan fingerprint density at radius 2 is 2.15 bits per heavy atom. The Balaban J connectivity index is 1.92. The Kier molecular flexibility index (Phi) is 4.70. The highest BCUT2D eigenvalue weighted by Gasteiger charge is 2.18. The zero-order valence-electron chi connectivity index (χ0n) is 11.5. The van der Waals surface area contributed by atoms with Gasteiger partial charge in [-0.25, -0.2) is 4.98 Å². The summed E-state index contributed by atoms with van der Waals surface area (Å²) in [7, 11) is 1.91. The van der Waals surface area contributed by atoms with Crippen LogP contribution in [-0.2, 0) is 11.3 Å². The molecule has 1 amide bonds. The number of hydrogen-bond donors (Lipinski definition) is 2. The maximum Gasteiger partial charge on any atom is 0.241 e. The van der Waals surface area contributed by atoms with Crippen molar-refractivity contribution in [2.24, 2.45) is 0 Å². The molecule has 6 heteroatoms. The van der Waals surface area contributed by atoms with Gasteiger partial charge < -0.3 is 11.1 Å². The SMILES string of the molecule is CC(C(=O)Nc1ccc(N)cc1)N(C)Cc1cscn1. The van der Waals surface area contributed by atoms with Crippen LogP contribution >= 0.6 is 11.3 Å². The maximum atomic E-state index is 12.2. The number of rotatable bonds is 5. The summed E-state index contributed by atoms with van der Waals surface area (Å²) in [6.07, 6.45) is 0. The minimum atomic E-state index is -0.241. The van der Waals surface area contributed by atoms with E-state index in [1.54, 1.807) is 41.1 Å². The number of nitrogens with one attached hydrogen (secondary N) is 1. The molecule has 5 nitrogen and oxygen atoms in total. The number of nitrogens with zero attached hydrogens (tertiary/aromatic N) is 2. The molecule has 0 aliphatic rings. The predicted molar refractivity (Wildman–Crippen MR) is 82.5 cm³/mol. The molecular formula is C14H18N4OS. The lowest BCUT2D eigenvalue weighted by Crippen LogP contribution is -2.39. The monoisotopic (exact) mass is 290 g/mol. The standard InChI is InChI=1S/C14H18N4OS/c1-10(18(2)7-13-8-20-9-16-13)14(19)17-12-5-3-11(15)4-6-12/h3-6,8-10H,7,15H2,1-2H3,(H,17,19). The second-order valence-electron chi connectivity index (χ2n) is 4.68. The Morgan fingerprint density at radius 3 is 2.75 bits per heavy atom. The number of carbonyl (C=O) groups is 1. The van der Waals surface area contributed by atoms with E-state index in [9.17, 15) is 4.79 Å². The fourth-order valence-electron chi connectivity index (χ4n) is 1.72. The predicted octanol–water partition coefficient (Wildman–Crippen LogP) is 2.18. The zero-order chi connectivity index (χ0) is 14.5. The third kappa shape index (κ3) is 3.79. The molecule has 1 atom stereocenters. The van der Waals surface area contributed by atoms with Gasteiger partial charge >= 0.3 is 0 Å². The van der Waals surface area contributed by atoms with Gasteiger partial charge in [0.2, 0.25) is 5.91 Å². The Labute approximate surface area is 122 Å². The highest BCUT2D eigenvalue weighted by atomic mass is 32.1. The number of thiazole rings is 1. The minimum absolute atomic E-state index is 0.0486. The highest BCUT2D eigenvalue weighted by Crippen LogP contribution is 2.12. The number of anilines is 2. The van der Waals surface area contributed by atoms with Crippen molar-refractivity contribution in [3.63, 3.8) is 0 Å². The van der Waals surface area contributed by atoms with Gasteiger partial charge in [0, 0.05) is 23.3 Å². The zero-order valence-corrected chi connectivity index (χ0v) is 12.4. The molecule has 3 N–H and O–H groups in total. The Bertz CT molecular complexity index is 553. The molecule has 0 bridgehead atoms. The molecule has 0 saturated carbocycles. The van der Waals surface area contributed by atoms with Crippen molar-refractivity contribution in [1.29, 1.82) is 0 Å². The second-order valence-corrected chi connectivity index (χ2v) is 5.40. The molecule has 1 unspecified atom stereocenters. The van der Waals surface area contributed by atoms with Crippen LogP contribution in [0.2, 0.25) is 0 Å². The fourth-order valence-corrected chi connectivity index (χ4v) is 2.27. The van der Waals surface area contributed by atoms with E-state index in [1.165, 1.54) is 0 Å². The Hall–Kier alpha value is -1.92. The first-order valence-corrected chi connectivity index (χ1v) is 7.24. The van der Waals surface area contributed by atoms with E-state index in [0.717, 1.165) is 11.4 Å². The summed E-state index contributed by atoms with van der Waals surface area (Å²) in [6.45, 7) is 2.53. The van der Waals surface area contributed by atoms with E-state index in [2.05, 4.69) is 10.3 Å². The van der Waals surface area contributed by atoms with Crippen molar-refractivity contribution in [2.75, 3.05) is 18.1 Å². The quantitative estimate of drug-likeness (QED) is 0.828. The molecule has 1 aromatic heterocycles. The molecule has 20 heavy (non-hydrogen) atoms. The average molecular weight is 290 g/mol. The normalized spacial score (nSPS) is 12.3. The van der Waals surface area contributed by atoms with E-state index in [0.29, 0.717) is 12.2 Å². The van der Waals surface area contributed by atoms with Crippen LogP contribution in [0.3, 0.4) is 0 Å². The van der Waals surface area contributed by atoms with E-state index >= 15 is 0 Å². The molecule has 0 spiro atoms. The average Bonchev–Trinajstić information content (AvgIpc) is 2.93. The molecule has 0 aliphatic heterocycles. The minimum Gasteiger partial charge on any atom is -0.399 e. The van der Waals surface area contributed by atoms with Crippen LogP contribution in [0.1, 0.15) is 12.6 Å². The van der Waals surface area contributed by atoms with Crippen LogP contribution < -0.4 is 11.1 Å². The molecule has 0 fully saturated rings. The molecule has 2 aromatic rings. The van der Waals surface area contributed by atoms with Crippen LogP contribution in [0, 0.1) is 0 Å². The van der Waals surface area contributed by atoms with Gasteiger partial charge in [0.05, 0.1) is 17.2 Å². The van der Waals surface area contributed by atoms with E-state index in [-0.39, 0.29) is 11.9 Å². The molecule has 2 rings (SSSR count). The van der Waals surface area contributed by atoms with Crippen molar-refractivity contribution in [1.82, 2.24) is 9.88 Å². The molecule has 1 aromatic carbocycles. The molecule has 1 heterocycles. The van der Waals surface area contributed by atoms with Gasteiger partial charge in [0.25, 0.3) is 0 Å². The van der Waals surface area contributed by atoms with E-state index in [1.807, 2.05) is 24.3 Å². The van der Waals surface area contributed by atoms with Crippen molar-refractivity contribution in [2.45, 2.75) is 19.5 Å². The molecule has 106 valence electrons. The lowest BCUT2D eigenvalue weighted by Gasteiger charge is -2.23. The molecule has 0 aliphatic carbocycles. The fraction of sp³-hybridized carbons (Fsp3) is 0.286. The molecule has 0 radical (unpaired) electrons. The van der Waals surface area contributed by atoms with Crippen LogP contribution in [0.4, 0.5) is 11.4 Å². The summed E-state index contributed by atoms with van der Waals surface area (Å²) in [4.78, 5) is 18.3. The number of nitrogen functional groups attached to an aromatic ring is 1. The van der Waals surface area contributed by atoms with Crippen molar-refractivity contribution >= 4 is 28.6 Å². The first-order chi connectivity index (χ1) is 9.56. The van der Waals surface area contributed by atoms with Gasteiger partial charge in [0.1, 0.15) is 0 Å². The summed E-state index contributed by atoms with van der Waals surface area (Å²) < 4.78 is 0. The number of carbonyl (C=O) groups excluding carboxylic acids is 1. The lowest BCUT2D eigenvalue weighted by molar-refractivity contribution is -0.120. The smallest absolute Gasteiger partial charge is 0.241 e. The summed E-state index contributed by atoms with van der Waals surface area (Å²) >= 11 is 1.56. The highest BCUT2D eigenvalue weighted by molar-refractivity contribution is 7.07. The van der Waals surface area contributed by atoms with Gasteiger partial charge in [-0.2, -0.15) is 0 Å². The summed E-state index contributed by atoms with van der Waals surface area (Å²) in [5.74, 6) is -0.0486. The summed E-state index contributed by atoms with van der Waals surface area (Å²) in [5, 5.41) is 4.86. The van der Waals surface area contributed by atoms with Crippen molar-refractivity contribution in [3.05, 3.63) is 40.8 Å². The summed E-state index contributed by atoms with van der Waals surface area (Å²) in [6, 6.07) is 6.87. The molecular weight excluding hydrogens is 272 g/mol. The number of likely N-dealkylation sites (N-methyl/N-ethyl adjacent to an activating group) is 1. The van der Waals surface area contributed by atoms with Gasteiger partial charge in [-0.3, -0.25) is 9.69 Å². The third-order valence-electron chi connectivity index (χ3n) is 3.11. The lowest BCUT2D eigenvalue weighted by atomic mass is 10.2. The number of benzene rings is 1. The summed E-state index contributed by atoms with van der Waals surface area (Å²) in [5.41, 5.74) is 9.81. The topological polar surface area (TPSA) is 71.2 Å². The Morgan fingerprint density at radius 1 is 1.45 bits per heavy atom. The van der Waals surface area contributed by atoms with Gasteiger partial charge in [-0.05, 0) is 38.2 Å². The van der Waals surface area contributed by atoms with Gasteiger partial charge in [-0.1, -0.05) is 0 Å². The first-order valence-electron chi connectivity index (χ1n) is 6.30. The van der Waals surface area contributed by atoms with E-state index in [4.69, 9.17) is 5.73 Å². The number of hydrogen-bond acceptors (Lipinski definition) is 5. The van der Waals surface area contributed by atoms with Crippen molar-refractivity contribution < 1.29 is 4.79 Å². The van der Waals surface area contributed by atoms with E-state index < -0.39 is 0 Å². The van der Waals surface area contributed by atoms with Gasteiger partial charge in [-0.15, -0.1) is 11.3 Å².